The summed E-state index contributed by atoms with van der Waals surface area (Å²) in [7, 11) is 0. The zero-order valence-electron chi connectivity index (χ0n) is 6.58. The van der Waals surface area contributed by atoms with Crippen molar-refractivity contribution in [3.63, 3.8) is 0 Å². The van der Waals surface area contributed by atoms with Gasteiger partial charge < -0.3 is 18.1 Å². The molecular weight excluding hydrogens is 180 g/mol. The highest BCUT2D eigenvalue weighted by molar-refractivity contribution is 5.45. The summed E-state index contributed by atoms with van der Waals surface area (Å²) in [6, 6.07) is 4.62. The second kappa shape index (κ2) is 4.04. The number of benzene rings is 1. The lowest BCUT2D eigenvalue weighted by molar-refractivity contribution is -0.385. The van der Waals surface area contributed by atoms with Gasteiger partial charge in [-0.1, -0.05) is 0 Å². The number of halogens is 1. The Balaban J connectivity index is 0.00000121. The van der Waals surface area contributed by atoms with Crippen LogP contribution in [-0.2, 0) is 0 Å². The summed E-state index contributed by atoms with van der Waals surface area (Å²) in [6.07, 6.45) is 0. The maximum Gasteiger partial charge on any atom is 0.270 e. The van der Waals surface area contributed by atoms with Gasteiger partial charge in [0.1, 0.15) is 5.69 Å². The Hall–Kier alpha value is -1.13. The average Bonchev–Trinajstić information content (AvgIpc) is 1.94. The third kappa shape index (κ3) is 2.18. The highest BCUT2D eigenvalue weighted by atomic mass is 35.5. The van der Waals surface area contributed by atoms with Crippen molar-refractivity contribution in [1.82, 2.24) is 0 Å². The summed E-state index contributed by atoms with van der Waals surface area (Å²) in [6.45, 7) is 1.80. The van der Waals surface area contributed by atoms with Crippen LogP contribution >= 0.6 is 0 Å². The standard InChI is InChI=1S/C7H8N2O2.ClH/c1-5-4-6(9(10)11)2-3-7(5)8;/h2-4H,8H2,1H3;1H. The number of quaternary nitrogens is 1. The van der Waals surface area contributed by atoms with E-state index in [9.17, 15) is 10.1 Å². The molecule has 1 rings (SSSR count). The van der Waals surface area contributed by atoms with Crippen molar-refractivity contribution in [3.05, 3.63) is 33.9 Å². The zero-order valence-corrected chi connectivity index (χ0v) is 7.34. The minimum Gasteiger partial charge on any atom is -1.00 e. The zero-order chi connectivity index (χ0) is 8.43. The molecule has 0 heterocycles. The summed E-state index contributed by atoms with van der Waals surface area (Å²) >= 11 is 0. The molecule has 0 spiro atoms. The van der Waals surface area contributed by atoms with Crippen LogP contribution in [0.4, 0.5) is 11.4 Å². The Labute approximate surface area is 75.9 Å². The molecule has 0 fully saturated rings. The lowest BCUT2D eigenvalue weighted by Crippen LogP contribution is -3.00. The number of non-ortho nitro benzene ring substituents is 1. The van der Waals surface area contributed by atoms with Gasteiger partial charge in [0.05, 0.1) is 4.92 Å². The van der Waals surface area contributed by atoms with E-state index in [-0.39, 0.29) is 18.1 Å². The highest BCUT2D eigenvalue weighted by Crippen LogP contribution is 2.16. The Morgan fingerprint density at radius 1 is 1.50 bits per heavy atom. The van der Waals surface area contributed by atoms with E-state index < -0.39 is 4.92 Å². The maximum absolute atomic E-state index is 10.2. The van der Waals surface area contributed by atoms with Gasteiger partial charge in [0.25, 0.3) is 5.69 Å². The molecule has 1 aromatic carbocycles. The number of aryl methyl sites for hydroxylation is 1. The molecule has 0 aliphatic carbocycles. The van der Waals surface area contributed by atoms with E-state index in [1.54, 1.807) is 13.0 Å². The maximum atomic E-state index is 10.2. The van der Waals surface area contributed by atoms with E-state index in [2.05, 4.69) is 5.73 Å². The molecule has 0 bridgehead atoms. The molecule has 0 radical (unpaired) electrons. The predicted octanol–water partition coefficient (Wildman–Crippen LogP) is -2.22. The van der Waals surface area contributed by atoms with Crippen molar-refractivity contribution in [2.75, 3.05) is 0 Å². The minimum atomic E-state index is -0.410. The molecule has 0 aliphatic heterocycles. The van der Waals surface area contributed by atoms with Crippen LogP contribution in [0.25, 0.3) is 0 Å². The molecular formula is C7H9ClN2O2. The number of nitro benzene ring substituents is 1. The lowest BCUT2D eigenvalue weighted by Gasteiger charge is -1.93. The van der Waals surface area contributed by atoms with Crippen LogP contribution in [0, 0.1) is 17.0 Å². The van der Waals surface area contributed by atoms with Crippen LogP contribution in [0.5, 0.6) is 0 Å². The number of rotatable bonds is 1. The Bertz CT molecular complexity index is 301. The smallest absolute Gasteiger partial charge is 0.270 e. The molecule has 0 aromatic heterocycles. The summed E-state index contributed by atoms with van der Waals surface area (Å²) in [5.74, 6) is 0. The Morgan fingerprint density at radius 2 is 2.08 bits per heavy atom. The monoisotopic (exact) mass is 188 g/mol. The fourth-order valence-electron chi connectivity index (χ4n) is 0.794. The second-order valence-corrected chi connectivity index (χ2v) is 2.37. The summed E-state index contributed by atoms with van der Waals surface area (Å²) in [5, 5.41) is 10.2. The van der Waals surface area contributed by atoms with Gasteiger partial charge in [0, 0.05) is 23.8 Å². The molecule has 0 saturated carbocycles. The molecule has 5 heteroatoms. The third-order valence-corrected chi connectivity index (χ3v) is 1.54. The second-order valence-electron chi connectivity index (χ2n) is 2.37. The van der Waals surface area contributed by atoms with Crippen molar-refractivity contribution in [1.29, 1.82) is 0 Å². The van der Waals surface area contributed by atoms with Gasteiger partial charge in [0.15, 0.2) is 0 Å². The molecule has 66 valence electrons. The van der Waals surface area contributed by atoms with E-state index in [0.717, 1.165) is 11.3 Å². The van der Waals surface area contributed by atoms with E-state index >= 15 is 0 Å². The molecule has 0 aliphatic rings. The van der Waals surface area contributed by atoms with Gasteiger partial charge in [-0.05, 0) is 6.92 Å². The van der Waals surface area contributed by atoms with Gasteiger partial charge in [-0.25, -0.2) is 0 Å². The van der Waals surface area contributed by atoms with Gasteiger partial charge in [-0.15, -0.1) is 0 Å². The first-order valence-electron chi connectivity index (χ1n) is 3.18. The van der Waals surface area contributed by atoms with Crippen LogP contribution in [0.2, 0.25) is 0 Å². The van der Waals surface area contributed by atoms with E-state index in [0.29, 0.717) is 0 Å². The molecule has 3 N–H and O–H groups in total. The van der Waals surface area contributed by atoms with Gasteiger partial charge in [-0.2, -0.15) is 0 Å². The van der Waals surface area contributed by atoms with Gasteiger partial charge >= 0.3 is 0 Å². The summed E-state index contributed by atoms with van der Waals surface area (Å²) < 4.78 is 0. The lowest BCUT2D eigenvalue weighted by atomic mass is 10.2. The number of nitrogens with zero attached hydrogens (tertiary/aromatic N) is 1. The number of hydrogen-bond acceptors (Lipinski definition) is 2. The van der Waals surface area contributed by atoms with E-state index in [1.807, 2.05) is 0 Å². The molecule has 0 unspecified atom stereocenters. The molecule has 12 heavy (non-hydrogen) atoms. The van der Waals surface area contributed by atoms with Crippen LogP contribution < -0.4 is 18.1 Å². The third-order valence-electron chi connectivity index (χ3n) is 1.54. The minimum absolute atomic E-state index is 0. The van der Waals surface area contributed by atoms with E-state index in [4.69, 9.17) is 0 Å². The first kappa shape index (κ1) is 10.9. The first-order chi connectivity index (χ1) is 5.11. The quantitative estimate of drug-likeness (QED) is 0.401. The normalized spacial score (nSPS) is 8.83. The van der Waals surface area contributed by atoms with Crippen molar-refractivity contribution in [2.24, 2.45) is 0 Å². The van der Waals surface area contributed by atoms with Crippen LogP contribution in [0.1, 0.15) is 5.56 Å². The number of hydrogen-bond donors (Lipinski definition) is 1. The molecule has 0 saturated heterocycles. The summed E-state index contributed by atoms with van der Waals surface area (Å²) in [4.78, 5) is 9.84. The van der Waals surface area contributed by atoms with Crippen molar-refractivity contribution in [2.45, 2.75) is 6.92 Å². The predicted molar refractivity (Wildman–Crippen MR) is 40.4 cm³/mol. The molecule has 1 aromatic rings. The Kier molecular flexibility index (Phi) is 3.66. The van der Waals surface area contributed by atoms with E-state index in [1.165, 1.54) is 12.1 Å². The highest BCUT2D eigenvalue weighted by Gasteiger charge is 2.06. The molecule has 0 atom stereocenters. The molecule has 4 nitrogen and oxygen atoms in total. The van der Waals surface area contributed by atoms with Crippen molar-refractivity contribution >= 4 is 11.4 Å². The first-order valence-corrected chi connectivity index (χ1v) is 3.18. The van der Waals surface area contributed by atoms with Crippen LogP contribution in [0.15, 0.2) is 18.2 Å². The fraction of sp³-hybridized carbons (Fsp3) is 0.143. The fourth-order valence-corrected chi connectivity index (χ4v) is 0.794. The largest absolute Gasteiger partial charge is 1.00 e. The number of nitro groups is 1. The Morgan fingerprint density at radius 3 is 2.50 bits per heavy atom. The average molecular weight is 189 g/mol. The van der Waals surface area contributed by atoms with Crippen molar-refractivity contribution < 1.29 is 23.1 Å². The van der Waals surface area contributed by atoms with Gasteiger partial charge in [0.2, 0.25) is 0 Å². The molecule has 0 amide bonds. The summed E-state index contributed by atoms with van der Waals surface area (Å²) in [5.41, 5.74) is 5.49. The van der Waals surface area contributed by atoms with Crippen LogP contribution in [-0.4, -0.2) is 4.92 Å². The van der Waals surface area contributed by atoms with Gasteiger partial charge in [-0.3, -0.25) is 10.1 Å². The topological polar surface area (TPSA) is 70.8 Å². The van der Waals surface area contributed by atoms with Crippen LogP contribution in [0.3, 0.4) is 0 Å². The van der Waals surface area contributed by atoms with Crippen molar-refractivity contribution in [3.8, 4) is 0 Å². The SMILES string of the molecule is Cc1cc([N+](=O)[O-])ccc1[NH3+].[Cl-].